The van der Waals surface area contributed by atoms with Crippen LogP contribution in [0.1, 0.15) is 12.0 Å². The Kier molecular flexibility index (Phi) is 7.25. The van der Waals surface area contributed by atoms with Crippen molar-refractivity contribution in [3.05, 3.63) is 29.8 Å². The molecule has 116 valence electrons. The molecule has 0 bridgehead atoms. The van der Waals surface area contributed by atoms with Crippen LogP contribution in [-0.2, 0) is 20.9 Å². The predicted molar refractivity (Wildman–Crippen MR) is 79.0 cm³/mol. The van der Waals surface area contributed by atoms with Gasteiger partial charge in [-0.3, -0.25) is 14.5 Å². The highest BCUT2D eigenvalue weighted by atomic mass is 16.5. The van der Waals surface area contributed by atoms with Gasteiger partial charge in [0.2, 0.25) is 5.91 Å². The van der Waals surface area contributed by atoms with E-state index in [9.17, 15) is 9.59 Å². The van der Waals surface area contributed by atoms with E-state index in [1.807, 2.05) is 36.2 Å². The number of hydrogen-bond acceptors (Lipinski definition) is 5. The molecule has 1 amide bonds. The van der Waals surface area contributed by atoms with Crippen molar-refractivity contribution in [2.45, 2.75) is 13.0 Å². The summed E-state index contributed by atoms with van der Waals surface area (Å²) in [6.07, 6.45) is 0.185. The summed E-state index contributed by atoms with van der Waals surface area (Å²) in [6, 6.07) is 7.70. The number of amides is 1. The molecule has 0 saturated heterocycles. The van der Waals surface area contributed by atoms with Crippen molar-refractivity contribution in [3.8, 4) is 5.75 Å². The third kappa shape index (κ3) is 6.76. The standard InChI is InChI=1S/C15H22N2O4/c1-17(10-12-4-6-13(20-2)7-5-12)11-14(18)16-9-8-15(19)21-3/h4-7H,8-11H2,1-3H3,(H,16,18). The Morgan fingerprint density at radius 3 is 2.43 bits per heavy atom. The number of rotatable bonds is 8. The van der Waals surface area contributed by atoms with E-state index in [2.05, 4.69) is 10.1 Å². The summed E-state index contributed by atoms with van der Waals surface area (Å²) in [4.78, 5) is 24.5. The summed E-state index contributed by atoms with van der Waals surface area (Å²) in [6.45, 7) is 1.23. The first-order chi connectivity index (χ1) is 10.0. The maximum Gasteiger partial charge on any atom is 0.307 e. The van der Waals surface area contributed by atoms with Gasteiger partial charge in [0, 0.05) is 13.1 Å². The minimum atomic E-state index is -0.332. The van der Waals surface area contributed by atoms with E-state index in [0.717, 1.165) is 11.3 Å². The van der Waals surface area contributed by atoms with E-state index in [0.29, 0.717) is 13.1 Å². The molecule has 6 nitrogen and oxygen atoms in total. The molecule has 0 aliphatic rings. The zero-order chi connectivity index (χ0) is 15.7. The van der Waals surface area contributed by atoms with Gasteiger partial charge in [-0.1, -0.05) is 12.1 Å². The molecule has 21 heavy (non-hydrogen) atoms. The molecule has 0 spiro atoms. The summed E-state index contributed by atoms with van der Waals surface area (Å²) >= 11 is 0. The molecular formula is C15H22N2O4. The second-order valence-corrected chi connectivity index (χ2v) is 4.70. The van der Waals surface area contributed by atoms with Crippen LogP contribution in [0.25, 0.3) is 0 Å². The molecule has 1 rings (SSSR count). The molecule has 0 radical (unpaired) electrons. The van der Waals surface area contributed by atoms with Gasteiger partial charge in [-0.25, -0.2) is 0 Å². The summed E-state index contributed by atoms with van der Waals surface area (Å²) < 4.78 is 9.60. The topological polar surface area (TPSA) is 67.9 Å². The Hall–Kier alpha value is -2.08. The Labute approximate surface area is 125 Å². The second kappa shape index (κ2) is 8.97. The number of likely N-dealkylation sites (N-methyl/N-ethyl adjacent to an activating group) is 1. The summed E-state index contributed by atoms with van der Waals surface area (Å²) in [7, 11) is 4.82. The molecule has 6 heteroatoms. The highest BCUT2D eigenvalue weighted by molar-refractivity contribution is 5.78. The van der Waals surface area contributed by atoms with Gasteiger partial charge in [0.1, 0.15) is 5.75 Å². The van der Waals surface area contributed by atoms with E-state index in [-0.39, 0.29) is 24.8 Å². The average Bonchev–Trinajstić information content (AvgIpc) is 2.47. The lowest BCUT2D eigenvalue weighted by Crippen LogP contribution is -2.35. The number of carbonyl (C=O) groups excluding carboxylic acids is 2. The van der Waals surface area contributed by atoms with Crippen molar-refractivity contribution in [2.24, 2.45) is 0 Å². The van der Waals surface area contributed by atoms with Crippen LogP contribution in [0.3, 0.4) is 0 Å². The van der Waals surface area contributed by atoms with Gasteiger partial charge in [0.25, 0.3) is 0 Å². The van der Waals surface area contributed by atoms with Crippen molar-refractivity contribution in [1.82, 2.24) is 10.2 Å². The lowest BCUT2D eigenvalue weighted by Gasteiger charge is -2.16. The summed E-state index contributed by atoms with van der Waals surface area (Å²) in [5.41, 5.74) is 1.10. The smallest absolute Gasteiger partial charge is 0.307 e. The fourth-order valence-electron chi connectivity index (χ4n) is 1.81. The number of benzene rings is 1. The van der Waals surface area contributed by atoms with Gasteiger partial charge >= 0.3 is 5.97 Å². The van der Waals surface area contributed by atoms with E-state index < -0.39 is 0 Å². The van der Waals surface area contributed by atoms with Gasteiger partial charge in [0.05, 0.1) is 27.2 Å². The molecule has 0 aliphatic heterocycles. The highest BCUT2D eigenvalue weighted by Gasteiger charge is 2.08. The predicted octanol–water partition coefficient (Wildman–Crippen LogP) is 0.806. The normalized spacial score (nSPS) is 10.3. The Morgan fingerprint density at radius 1 is 1.19 bits per heavy atom. The summed E-state index contributed by atoms with van der Waals surface area (Å²) in [5, 5.41) is 2.68. The molecule has 1 aromatic carbocycles. The van der Waals surface area contributed by atoms with E-state index in [1.54, 1.807) is 7.11 Å². The number of ether oxygens (including phenoxy) is 2. The quantitative estimate of drug-likeness (QED) is 0.719. The maximum atomic E-state index is 11.7. The fraction of sp³-hybridized carbons (Fsp3) is 0.467. The summed E-state index contributed by atoms with van der Waals surface area (Å²) in [5.74, 6) is 0.360. The lowest BCUT2D eigenvalue weighted by atomic mass is 10.2. The first-order valence-electron chi connectivity index (χ1n) is 6.70. The van der Waals surface area contributed by atoms with E-state index in [1.165, 1.54) is 7.11 Å². The van der Waals surface area contributed by atoms with Crippen LogP contribution in [0.4, 0.5) is 0 Å². The van der Waals surface area contributed by atoms with Gasteiger partial charge in [0.15, 0.2) is 0 Å². The van der Waals surface area contributed by atoms with Crippen LogP contribution < -0.4 is 10.1 Å². The van der Waals surface area contributed by atoms with Crippen molar-refractivity contribution >= 4 is 11.9 Å². The minimum Gasteiger partial charge on any atom is -0.497 e. The number of nitrogens with zero attached hydrogens (tertiary/aromatic N) is 1. The zero-order valence-corrected chi connectivity index (χ0v) is 12.7. The van der Waals surface area contributed by atoms with Crippen LogP contribution in [0.2, 0.25) is 0 Å². The Morgan fingerprint density at radius 2 is 1.86 bits per heavy atom. The minimum absolute atomic E-state index is 0.116. The number of hydrogen-bond donors (Lipinski definition) is 1. The third-order valence-electron chi connectivity index (χ3n) is 2.90. The van der Waals surface area contributed by atoms with Crippen molar-refractivity contribution in [3.63, 3.8) is 0 Å². The monoisotopic (exact) mass is 294 g/mol. The van der Waals surface area contributed by atoms with Crippen LogP contribution in [0.5, 0.6) is 5.75 Å². The molecule has 1 aromatic rings. The molecule has 0 unspecified atom stereocenters. The highest BCUT2D eigenvalue weighted by Crippen LogP contribution is 2.12. The lowest BCUT2D eigenvalue weighted by molar-refractivity contribution is -0.140. The molecular weight excluding hydrogens is 272 g/mol. The number of methoxy groups -OCH3 is 2. The van der Waals surface area contributed by atoms with Gasteiger partial charge in [-0.2, -0.15) is 0 Å². The van der Waals surface area contributed by atoms with Crippen LogP contribution in [0, 0.1) is 0 Å². The Balaban J connectivity index is 2.30. The number of nitrogens with one attached hydrogen (secondary N) is 1. The van der Waals surface area contributed by atoms with E-state index in [4.69, 9.17) is 4.74 Å². The van der Waals surface area contributed by atoms with Crippen molar-refractivity contribution in [2.75, 3.05) is 34.4 Å². The molecule has 0 fully saturated rings. The average molecular weight is 294 g/mol. The second-order valence-electron chi connectivity index (χ2n) is 4.70. The molecule has 1 N–H and O–H groups in total. The van der Waals surface area contributed by atoms with E-state index >= 15 is 0 Å². The SMILES string of the molecule is COC(=O)CCNC(=O)CN(C)Cc1ccc(OC)cc1. The zero-order valence-electron chi connectivity index (χ0n) is 12.7. The molecule has 0 heterocycles. The largest absolute Gasteiger partial charge is 0.497 e. The molecule has 0 saturated carbocycles. The maximum absolute atomic E-state index is 11.7. The Bertz CT molecular complexity index is 459. The van der Waals surface area contributed by atoms with Crippen LogP contribution in [-0.4, -0.2) is 51.1 Å². The first kappa shape index (κ1) is 17.0. The molecule has 0 aromatic heterocycles. The van der Waals surface area contributed by atoms with Crippen molar-refractivity contribution < 1.29 is 19.1 Å². The van der Waals surface area contributed by atoms with Gasteiger partial charge in [-0.05, 0) is 24.7 Å². The molecule has 0 atom stereocenters. The fourth-order valence-corrected chi connectivity index (χ4v) is 1.81. The number of esters is 1. The van der Waals surface area contributed by atoms with Crippen molar-refractivity contribution in [1.29, 1.82) is 0 Å². The van der Waals surface area contributed by atoms with Gasteiger partial charge in [-0.15, -0.1) is 0 Å². The number of carbonyl (C=O) groups is 2. The molecule has 0 aliphatic carbocycles. The van der Waals surface area contributed by atoms with Crippen LogP contribution in [0.15, 0.2) is 24.3 Å². The third-order valence-corrected chi connectivity index (χ3v) is 2.90. The van der Waals surface area contributed by atoms with Gasteiger partial charge < -0.3 is 14.8 Å². The van der Waals surface area contributed by atoms with Crippen LogP contribution >= 0.6 is 0 Å². The first-order valence-corrected chi connectivity index (χ1v) is 6.70.